The summed E-state index contributed by atoms with van der Waals surface area (Å²) in [6.45, 7) is 4.83. The molecule has 0 unspecified atom stereocenters. The third-order valence-electron chi connectivity index (χ3n) is 5.82. The maximum atomic E-state index is 6.22. The minimum absolute atomic E-state index is 0.173. The second-order valence-electron chi connectivity index (χ2n) is 7.73. The normalized spacial score (nSPS) is 18.4. The monoisotopic (exact) mass is 405 g/mol. The van der Waals surface area contributed by atoms with Crippen LogP contribution >= 0.6 is 11.6 Å². The zero-order chi connectivity index (χ0) is 19.8. The quantitative estimate of drug-likeness (QED) is 0.654. The maximum absolute atomic E-state index is 6.22. The van der Waals surface area contributed by atoms with Crippen LogP contribution in [0.3, 0.4) is 0 Å². The molecule has 0 aliphatic carbocycles. The van der Waals surface area contributed by atoms with Crippen molar-refractivity contribution in [3.05, 3.63) is 70.4 Å². The SMILES string of the molecule is Cc1nnn2c1-c1ccc(C3=CCNCC3)cc1[C@@H](Nc1cccc(Cl)c1)CC2. The Labute approximate surface area is 175 Å². The lowest BCUT2D eigenvalue weighted by Gasteiger charge is -2.22. The van der Waals surface area contributed by atoms with Gasteiger partial charge in [0.05, 0.1) is 17.4 Å². The van der Waals surface area contributed by atoms with Crippen LogP contribution in [0.15, 0.2) is 48.5 Å². The first kappa shape index (κ1) is 18.4. The third kappa shape index (κ3) is 3.56. The molecular formula is C23H24ClN5. The molecule has 2 N–H and O–H groups in total. The van der Waals surface area contributed by atoms with Gasteiger partial charge in [-0.2, -0.15) is 0 Å². The second kappa shape index (κ2) is 7.65. The highest BCUT2D eigenvalue weighted by atomic mass is 35.5. The molecule has 6 heteroatoms. The van der Waals surface area contributed by atoms with Crippen molar-refractivity contribution < 1.29 is 0 Å². The summed E-state index contributed by atoms with van der Waals surface area (Å²) in [6.07, 6.45) is 4.29. The topological polar surface area (TPSA) is 54.8 Å². The molecule has 1 aromatic heterocycles. The molecule has 3 heterocycles. The minimum Gasteiger partial charge on any atom is -0.378 e. The zero-order valence-corrected chi connectivity index (χ0v) is 17.2. The number of rotatable bonds is 3. The minimum atomic E-state index is 0.173. The molecule has 0 saturated carbocycles. The molecule has 0 fully saturated rings. The number of anilines is 1. The molecule has 5 rings (SSSR count). The van der Waals surface area contributed by atoms with Gasteiger partial charge in [0.25, 0.3) is 0 Å². The molecule has 1 atom stereocenters. The van der Waals surface area contributed by atoms with Gasteiger partial charge in [0.15, 0.2) is 0 Å². The smallest absolute Gasteiger partial charge is 0.0918 e. The lowest BCUT2D eigenvalue weighted by atomic mass is 9.90. The first-order valence-electron chi connectivity index (χ1n) is 10.2. The van der Waals surface area contributed by atoms with Crippen LogP contribution in [0.2, 0.25) is 5.02 Å². The number of fused-ring (bicyclic) bond motifs is 3. The summed E-state index contributed by atoms with van der Waals surface area (Å²) in [7, 11) is 0. The van der Waals surface area contributed by atoms with Crippen molar-refractivity contribution in [2.45, 2.75) is 32.4 Å². The van der Waals surface area contributed by atoms with Crippen LogP contribution in [-0.4, -0.2) is 28.1 Å². The average molecular weight is 406 g/mol. The number of halogens is 1. The standard InChI is InChI=1S/C23H24ClN5/c1-15-23-20-6-5-17(16-7-10-25-11-8-16)13-21(20)22(9-12-29(23)28-27-15)26-19-4-2-3-18(24)14-19/h2-7,13-14,22,25-26H,8-12H2,1H3/t22-/m0/s1. The van der Waals surface area contributed by atoms with Crippen LogP contribution in [0.4, 0.5) is 5.69 Å². The van der Waals surface area contributed by atoms with Gasteiger partial charge in [-0.3, -0.25) is 0 Å². The van der Waals surface area contributed by atoms with Crippen LogP contribution in [0.5, 0.6) is 0 Å². The zero-order valence-electron chi connectivity index (χ0n) is 16.5. The summed E-state index contributed by atoms with van der Waals surface area (Å²) in [6, 6.07) is 15.0. The van der Waals surface area contributed by atoms with Crippen LogP contribution in [0, 0.1) is 6.92 Å². The van der Waals surface area contributed by atoms with E-state index in [-0.39, 0.29) is 6.04 Å². The van der Waals surface area contributed by atoms with E-state index in [0.29, 0.717) is 0 Å². The van der Waals surface area contributed by atoms with Crippen molar-refractivity contribution in [3.8, 4) is 11.3 Å². The summed E-state index contributed by atoms with van der Waals surface area (Å²) in [4.78, 5) is 0. The number of benzene rings is 2. The number of nitrogens with one attached hydrogen (secondary N) is 2. The van der Waals surface area contributed by atoms with E-state index in [9.17, 15) is 0 Å². The molecule has 5 nitrogen and oxygen atoms in total. The Morgan fingerprint density at radius 1 is 1.21 bits per heavy atom. The molecular weight excluding hydrogens is 382 g/mol. The van der Waals surface area contributed by atoms with Crippen LogP contribution in [0.25, 0.3) is 16.8 Å². The van der Waals surface area contributed by atoms with E-state index in [1.807, 2.05) is 29.8 Å². The van der Waals surface area contributed by atoms with E-state index in [1.165, 1.54) is 22.3 Å². The molecule has 2 aliphatic rings. The van der Waals surface area contributed by atoms with E-state index < -0.39 is 0 Å². The summed E-state index contributed by atoms with van der Waals surface area (Å²) < 4.78 is 2.04. The molecule has 0 bridgehead atoms. The van der Waals surface area contributed by atoms with Gasteiger partial charge in [-0.25, -0.2) is 4.68 Å². The van der Waals surface area contributed by atoms with E-state index in [2.05, 4.69) is 51.3 Å². The van der Waals surface area contributed by atoms with E-state index in [1.54, 1.807) is 0 Å². The molecule has 2 aromatic carbocycles. The molecule has 2 aliphatic heterocycles. The van der Waals surface area contributed by atoms with Crippen molar-refractivity contribution >= 4 is 22.9 Å². The third-order valence-corrected chi connectivity index (χ3v) is 6.05. The molecule has 0 radical (unpaired) electrons. The van der Waals surface area contributed by atoms with Gasteiger partial charge in [-0.15, -0.1) is 5.10 Å². The van der Waals surface area contributed by atoms with Gasteiger partial charge < -0.3 is 10.6 Å². The molecule has 29 heavy (non-hydrogen) atoms. The fraction of sp³-hybridized carbons (Fsp3) is 0.304. The highest BCUT2D eigenvalue weighted by Crippen LogP contribution is 2.38. The predicted molar refractivity (Wildman–Crippen MR) is 118 cm³/mol. The van der Waals surface area contributed by atoms with E-state index in [4.69, 9.17) is 11.6 Å². The number of nitrogens with zero attached hydrogens (tertiary/aromatic N) is 3. The fourth-order valence-electron chi connectivity index (χ4n) is 4.38. The lowest BCUT2D eigenvalue weighted by Crippen LogP contribution is -2.20. The van der Waals surface area contributed by atoms with Crippen molar-refractivity contribution in [2.24, 2.45) is 0 Å². The predicted octanol–water partition coefficient (Wildman–Crippen LogP) is 4.84. The highest BCUT2D eigenvalue weighted by molar-refractivity contribution is 6.30. The molecule has 3 aromatic rings. The van der Waals surface area contributed by atoms with Gasteiger partial charge in [-0.1, -0.05) is 41.1 Å². The summed E-state index contributed by atoms with van der Waals surface area (Å²) in [5, 5.41) is 16.6. The van der Waals surface area contributed by atoms with Crippen molar-refractivity contribution in [2.75, 3.05) is 18.4 Å². The van der Waals surface area contributed by atoms with Gasteiger partial charge in [0, 0.05) is 29.4 Å². The molecule has 0 saturated heterocycles. The fourth-order valence-corrected chi connectivity index (χ4v) is 4.57. The first-order valence-corrected chi connectivity index (χ1v) is 10.5. The summed E-state index contributed by atoms with van der Waals surface area (Å²) in [5.41, 5.74) is 8.37. The highest BCUT2D eigenvalue weighted by Gasteiger charge is 2.26. The Morgan fingerprint density at radius 3 is 2.97 bits per heavy atom. The number of hydrogen-bond acceptors (Lipinski definition) is 4. The lowest BCUT2D eigenvalue weighted by molar-refractivity contribution is 0.539. The Kier molecular flexibility index (Phi) is 4.86. The number of aryl methyl sites for hydroxylation is 2. The summed E-state index contributed by atoms with van der Waals surface area (Å²) >= 11 is 6.22. The Bertz CT molecular complexity index is 1080. The van der Waals surface area contributed by atoms with Gasteiger partial charge in [0.2, 0.25) is 0 Å². The molecule has 148 valence electrons. The van der Waals surface area contributed by atoms with E-state index in [0.717, 1.165) is 54.6 Å². The second-order valence-corrected chi connectivity index (χ2v) is 8.16. The van der Waals surface area contributed by atoms with Crippen LogP contribution in [0.1, 0.15) is 35.7 Å². The molecule has 0 spiro atoms. The summed E-state index contributed by atoms with van der Waals surface area (Å²) in [5.74, 6) is 0. The number of hydrogen-bond donors (Lipinski definition) is 2. The van der Waals surface area contributed by atoms with E-state index >= 15 is 0 Å². The average Bonchev–Trinajstić information content (AvgIpc) is 3.03. The maximum Gasteiger partial charge on any atom is 0.0918 e. The Morgan fingerprint density at radius 2 is 2.14 bits per heavy atom. The molecule has 0 amide bonds. The van der Waals surface area contributed by atoms with Gasteiger partial charge >= 0.3 is 0 Å². The van der Waals surface area contributed by atoms with Crippen molar-refractivity contribution in [3.63, 3.8) is 0 Å². The number of aromatic nitrogens is 3. The van der Waals surface area contributed by atoms with Gasteiger partial charge in [0.1, 0.15) is 0 Å². The van der Waals surface area contributed by atoms with Crippen LogP contribution < -0.4 is 10.6 Å². The van der Waals surface area contributed by atoms with Gasteiger partial charge in [-0.05, 0) is 67.3 Å². The Hall–Kier alpha value is -2.63. The van der Waals surface area contributed by atoms with Crippen LogP contribution in [-0.2, 0) is 6.54 Å². The first-order chi connectivity index (χ1) is 14.2. The van der Waals surface area contributed by atoms with Crippen molar-refractivity contribution in [1.82, 2.24) is 20.3 Å². The largest absolute Gasteiger partial charge is 0.378 e. The van der Waals surface area contributed by atoms with Crippen molar-refractivity contribution in [1.29, 1.82) is 0 Å². The Balaban J connectivity index is 1.61.